The first-order valence-electron chi connectivity index (χ1n) is 7.94. The second kappa shape index (κ2) is 6.13. The molecule has 1 aromatic carbocycles. The van der Waals surface area contributed by atoms with Crippen LogP contribution in [0.1, 0.15) is 5.69 Å². The van der Waals surface area contributed by atoms with Gasteiger partial charge in [0, 0.05) is 35.9 Å². The Labute approximate surface area is 139 Å². The molecule has 0 radical (unpaired) electrons. The van der Waals surface area contributed by atoms with Gasteiger partial charge in [-0.15, -0.1) is 0 Å². The molecule has 0 N–H and O–H groups in total. The van der Waals surface area contributed by atoms with Crippen LogP contribution in [0.3, 0.4) is 0 Å². The van der Waals surface area contributed by atoms with Gasteiger partial charge in [0.1, 0.15) is 5.82 Å². The second-order valence-electron chi connectivity index (χ2n) is 5.82. The van der Waals surface area contributed by atoms with Gasteiger partial charge in [-0.3, -0.25) is 4.98 Å². The van der Waals surface area contributed by atoms with Crippen molar-refractivity contribution in [3.63, 3.8) is 0 Å². The summed E-state index contributed by atoms with van der Waals surface area (Å²) in [6.45, 7) is 4.76. The first-order valence-corrected chi connectivity index (χ1v) is 7.94. The third-order valence-corrected chi connectivity index (χ3v) is 4.08. The monoisotopic (exact) mass is 324 g/mol. The Balaban J connectivity index is 1.86. The number of benzene rings is 1. The maximum atomic E-state index is 14.0. The summed E-state index contributed by atoms with van der Waals surface area (Å²) in [7, 11) is 0. The molecule has 5 nitrogen and oxygen atoms in total. The molecule has 4 rings (SSSR count). The predicted octanol–water partition coefficient (Wildman–Crippen LogP) is 2.98. The third kappa shape index (κ3) is 2.80. The predicted molar refractivity (Wildman–Crippen MR) is 90.5 cm³/mol. The van der Waals surface area contributed by atoms with Crippen molar-refractivity contribution in [3.05, 3.63) is 48.0 Å². The van der Waals surface area contributed by atoms with Crippen LogP contribution in [0.15, 0.2) is 36.5 Å². The molecule has 24 heavy (non-hydrogen) atoms. The molecular formula is C18H17FN4O. The molecule has 1 fully saturated rings. The van der Waals surface area contributed by atoms with Crippen molar-refractivity contribution in [2.75, 3.05) is 31.2 Å². The highest BCUT2D eigenvalue weighted by Crippen LogP contribution is 2.28. The minimum absolute atomic E-state index is 0.297. The molecule has 6 heteroatoms. The van der Waals surface area contributed by atoms with E-state index in [2.05, 4.69) is 19.9 Å². The van der Waals surface area contributed by atoms with Crippen LogP contribution in [-0.2, 0) is 4.74 Å². The zero-order chi connectivity index (χ0) is 16.5. The van der Waals surface area contributed by atoms with Crippen LogP contribution >= 0.6 is 0 Å². The largest absolute Gasteiger partial charge is 0.378 e. The Morgan fingerprint density at radius 1 is 1.12 bits per heavy atom. The molecule has 0 unspecified atom stereocenters. The summed E-state index contributed by atoms with van der Waals surface area (Å²) in [5.41, 5.74) is 2.96. The Hall–Kier alpha value is -2.60. The Kier molecular flexibility index (Phi) is 3.82. The fraction of sp³-hybridized carbons (Fsp3) is 0.278. The van der Waals surface area contributed by atoms with Gasteiger partial charge in [-0.1, -0.05) is 6.07 Å². The van der Waals surface area contributed by atoms with Crippen molar-refractivity contribution in [3.8, 4) is 11.3 Å². The van der Waals surface area contributed by atoms with Gasteiger partial charge in [0.2, 0.25) is 5.95 Å². The van der Waals surface area contributed by atoms with E-state index in [1.807, 2.05) is 19.1 Å². The van der Waals surface area contributed by atoms with E-state index in [9.17, 15) is 4.39 Å². The van der Waals surface area contributed by atoms with Crippen LogP contribution in [-0.4, -0.2) is 41.3 Å². The number of nitrogens with zero attached hydrogens (tertiary/aromatic N) is 4. The number of pyridine rings is 1. The first-order chi connectivity index (χ1) is 11.7. The lowest BCUT2D eigenvalue weighted by Crippen LogP contribution is -2.37. The number of aryl methyl sites for hydroxylation is 1. The van der Waals surface area contributed by atoms with E-state index in [4.69, 9.17) is 4.74 Å². The number of aromatic nitrogens is 3. The maximum absolute atomic E-state index is 14.0. The highest BCUT2D eigenvalue weighted by molar-refractivity contribution is 5.92. The molecular weight excluding hydrogens is 307 g/mol. The molecule has 0 bridgehead atoms. The van der Waals surface area contributed by atoms with Crippen molar-refractivity contribution < 1.29 is 9.13 Å². The summed E-state index contributed by atoms with van der Waals surface area (Å²) in [5.74, 6) is 0.358. The fourth-order valence-corrected chi connectivity index (χ4v) is 2.95. The number of hydrogen-bond donors (Lipinski definition) is 0. The zero-order valence-corrected chi connectivity index (χ0v) is 13.4. The second-order valence-corrected chi connectivity index (χ2v) is 5.82. The minimum Gasteiger partial charge on any atom is -0.378 e. The van der Waals surface area contributed by atoms with Gasteiger partial charge in [0.25, 0.3) is 0 Å². The standard InChI is InChI=1S/C18H17FN4O/c1-12-9-16(22-18(21-12)23-5-7-24-8-6-23)15-11-14(19)10-13-3-2-4-20-17(13)15/h2-4,9-11H,5-8H2,1H3. The van der Waals surface area contributed by atoms with Crippen molar-refractivity contribution in [2.45, 2.75) is 6.92 Å². The van der Waals surface area contributed by atoms with E-state index in [1.165, 1.54) is 12.1 Å². The quantitative estimate of drug-likeness (QED) is 0.725. The van der Waals surface area contributed by atoms with Gasteiger partial charge in [-0.25, -0.2) is 14.4 Å². The van der Waals surface area contributed by atoms with Crippen LogP contribution in [0, 0.1) is 12.7 Å². The van der Waals surface area contributed by atoms with E-state index in [0.29, 0.717) is 30.4 Å². The lowest BCUT2D eigenvalue weighted by Gasteiger charge is -2.27. The molecule has 0 spiro atoms. The van der Waals surface area contributed by atoms with Gasteiger partial charge in [-0.05, 0) is 31.2 Å². The molecule has 122 valence electrons. The van der Waals surface area contributed by atoms with Gasteiger partial charge in [-0.2, -0.15) is 0 Å². The average molecular weight is 324 g/mol. The van der Waals surface area contributed by atoms with Crippen LogP contribution in [0.2, 0.25) is 0 Å². The van der Waals surface area contributed by atoms with Crippen LogP contribution in [0.25, 0.3) is 22.2 Å². The smallest absolute Gasteiger partial charge is 0.226 e. The molecule has 1 aliphatic heterocycles. The summed E-state index contributed by atoms with van der Waals surface area (Å²) in [5, 5.41) is 0.761. The molecule has 0 saturated carbocycles. The van der Waals surface area contributed by atoms with E-state index < -0.39 is 0 Å². The normalized spacial score (nSPS) is 15.0. The van der Waals surface area contributed by atoms with E-state index in [-0.39, 0.29) is 5.82 Å². The number of fused-ring (bicyclic) bond motifs is 1. The zero-order valence-electron chi connectivity index (χ0n) is 13.4. The number of morpholine rings is 1. The SMILES string of the molecule is Cc1cc(-c2cc(F)cc3cccnc23)nc(N2CCOCC2)n1. The number of ether oxygens (including phenoxy) is 1. The van der Waals surface area contributed by atoms with E-state index >= 15 is 0 Å². The summed E-state index contributed by atoms with van der Waals surface area (Å²) in [6, 6.07) is 8.50. The molecule has 2 aromatic heterocycles. The average Bonchev–Trinajstić information content (AvgIpc) is 2.61. The Morgan fingerprint density at radius 3 is 2.79 bits per heavy atom. The lowest BCUT2D eigenvalue weighted by atomic mass is 10.1. The van der Waals surface area contributed by atoms with Gasteiger partial charge in [0.05, 0.1) is 24.4 Å². The fourth-order valence-electron chi connectivity index (χ4n) is 2.95. The number of halogens is 1. The summed E-state index contributed by atoms with van der Waals surface area (Å²) < 4.78 is 19.4. The van der Waals surface area contributed by atoms with Crippen molar-refractivity contribution >= 4 is 16.9 Å². The van der Waals surface area contributed by atoms with Crippen molar-refractivity contribution in [2.24, 2.45) is 0 Å². The lowest BCUT2D eigenvalue weighted by molar-refractivity contribution is 0.122. The molecule has 3 aromatic rings. The number of anilines is 1. The minimum atomic E-state index is -0.297. The number of hydrogen-bond acceptors (Lipinski definition) is 5. The van der Waals surface area contributed by atoms with Gasteiger partial charge >= 0.3 is 0 Å². The maximum Gasteiger partial charge on any atom is 0.226 e. The van der Waals surface area contributed by atoms with Gasteiger partial charge in [0.15, 0.2) is 0 Å². The molecule has 1 aliphatic rings. The summed E-state index contributed by atoms with van der Waals surface area (Å²) in [4.78, 5) is 15.7. The van der Waals surface area contributed by atoms with Crippen molar-refractivity contribution in [1.29, 1.82) is 0 Å². The Morgan fingerprint density at radius 2 is 1.96 bits per heavy atom. The molecule has 0 amide bonds. The van der Waals surface area contributed by atoms with E-state index in [1.54, 1.807) is 12.3 Å². The van der Waals surface area contributed by atoms with Crippen molar-refractivity contribution in [1.82, 2.24) is 15.0 Å². The summed E-state index contributed by atoms with van der Waals surface area (Å²) >= 11 is 0. The highest BCUT2D eigenvalue weighted by Gasteiger charge is 2.17. The topological polar surface area (TPSA) is 51.1 Å². The number of rotatable bonds is 2. The molecule has 0 aliphatic carbocycles. The molecule has 3 heterocycles. The molecule has 0 atom stereocenters. The van der Waals surface area contributed by atoms with E-state index in [0.717, 1.165) is 29.7 Å². The van der Waals surface area contributed by atoms with Gasteiger partial charge < -0.3 is 9.64 Å². The van der Waals surface area contributed by atoms with Crippen LogP contribution < -0.4 is 4.90 Å². The highest BCUT2D eigenvalue weighted by atomic mass is 19.1. The third-order valence-electron chi connectivity index (χ3n) is 4.08. The first kappa shape index (κ1) is 15.0. The molecule has 1 saturated heterocycles. The Bertz CT molecular complexity index is 893. The van der Waals surface area contributed by atoms with Crippen LogP contribution in [0.4, 0.5) is 10.3 Å². The summed E-state index contributed by atoms with van der Waals surface area (Å²) in [6.07, 6.45) is 1.71. The van der Waals surface area contributed by atoms with Crippen LogP contribution in [0.5, 0.6) is 0 Å².